The van der Waals surface area contributed by atoms with E-state index in [-0.39, 0.29) is 0 Å². The van der Waals surface area contributed by atoms with E-state index < -0.39 is 0 Å². The van der Waals surface area contributed by atoms with Gasteiger partial charge in [0.2, 0.25) is 4.96 Å². The molecule has 4 rings (SSSR count). The summed E-state index contributed by atoms with van der Waals surface area (Å²) in [6, 6.07) is 11.5. The van der Waals surface area contributed by atoms with Crippen LogP contribution in [0.5, 0.6) is 5.75 Å². The second-order valence-corrected chi connectivity index (χ2v) is 5.71. The summed E-state index contributed by atoms with van der Waals surface area (Å²) in [4.78, 5) is 0.724. The maximum atomic E-state index is 5.70. The number of H-pyrrole nitrogens is 1. The highest BCUT2D eigenvalue weighted by molar-refractivity contribution is 7.19. The Bertz CT molecular complexity index is 910. The molecule has 110 valence electrons. The molecule has 1 N–H and O–H groups in total. The zero-order valence-corrected chi connectivity index (χ0v) is 12.5. The van der Waals surface area contributed by atoms with E-state index in [2.05, 4.69) is 25.5 Å². The number of benzene rings is 1. The van der Waals surface area contributed by atoms with Gasteiger partial charge in [0, 0.05) is 5.69 Å². The first-order chi connectivity index (χ1) is 10.8. The lowest BCUT2D eigenvalue weighted by Gasteiger charge is -2.02. The number of para-hydroxylation sites is 1. The van der Waals surface area contributed by atoms with E-state index in [4.69, 9.17) is 4.74 Å². The molecule has 0 unspecified atom stereocenters. The fraction of sp³-hybridized carbons (Fsp3) is 0.143. The van der Waals surface area contributed by atoms with Crippen molar-refractivity contribution in [2.24, 2.45) is 0 Å². The van der Waals surface area contributed by atoms with Crippen LogP contribution in [0.3, 0.4) is 0 Å². The molecule has 1 aromatic carbocycles. The monoisotopic (exact) mass is 312 g/mol. The normalized spacial score (nSPS) is 11.1. The molecule has 0 aliphatic carbocycles. The summed E-state index contributed by atoms with van der Waals surface area (Å²) in [5.74, 6) is 1.45. The lowest BCUT2D eigenvalue weighted by Crippen LogP contribution is -2.02. The third-order valence-corrected chi connectivity index (χ3v) is 4.01. The minimum absolute atomic E-state index is 0.313. The molecule has 0 amide bonds. The topological polar surface area (TPSA) is 81.0 Å². The minimum atomic E-state index is 0.313. The van der Waals surface area contributed by atoms with Crippen LogP contribution in [0.2, 0.25) is 0 Å². The van der Waals surface area contributed by atoms with Gasteiger partial charge in [0.05, 0.1) is 0 Å². The van der Waals surface area contributed by atoms with Crippen molar-refractivity contribution >= 4 is 16.3 Å². The molecule has 7 nitrogen and oxygen atoms in total. The number of hydrogen-bond acceptors (Lipinski definition) is 6. The summed E-state index contributed by atoms with van der Waals surface area (Å²) in [6.07, 6.45) is 0. The Morgan fingerprint density at radius 1 is 1.23 bits per heavy atom. The van der Waals surface area contributed by atoms with Crippen LogP contribution in [-0.4, -0.2) is 30.0 Å². The largest absolute Gasteiger partial charge is 0.486 e. The molecule has 4 aromatic rings. The molecule has 0 saturated carbocycles. The average Bonchev–Trinajstić information content (AvgIpc) is 3.21. The molecule has 8 heteroatoms. The van der Waals surface area contributed by atoms with E-state index in [0.29, 0.717) is 12.4 Å². The maximum Gasteiger partial charge on any atom is 0.235 e. The van der Waals surface area contributed by atoms with Crippen molar-refractivity contribution in [1.29, 1.82) is 0 Å². The quantitative estimate of drug-likeness (QED) is 0.626. The van der Waals surface area contributed by atoms with Crippen molar-refractivity contribution in [3.05, 3.63) is 47.9 Å². The van der Waals surface area contributed by atoms with Crippen LogP contribution < -0.4 is 4.74 Å². The molecule has 22 heavy (non-hydrogen) atoms. The Hall–Kier alpha value is -2.74. The van der Waals surface area contributed by atoms with Gasteiger partial charge in [-0.25, -0.2) is 0 Å². The van der Waals surface area contributed by atoms with Crippen LogP contribution in [0.4, 0.5) is 0 Å². The van der Waals surface area contributed by atoms with Gasteiger partial charge in [0.1, 0.15) is 18.1 Å². The molecule has 0 atom stereocenters. The standard InChI is InChI=1S/C14H12N6OS/c1-9-7-11(16-15-9)13-19-20-12(17-18-14(20)22-13)8-21-10-5-3-2-4-6-10/h2-7H,8H2,1H3,(H,15,16). The maximum absolute atomic E-state index is 5.70. The first-order valence-electron chi connectivity index (χ1n) is 6.71. The highest BCUT2D eigenvalue weighted by atomic mass is 32.1. The molecule has 3 heterocycles. The molecule has 0 bridgehead atoms. The van der Waals surface area contributed by atoms with Gasteiger partial charge in [-0.1, -0.05) is 29.5 Å². The number of hydrogen-bond donors (Lipinski definition) is 1. The Balaban J connectivity index is 1.61. The first kappa shape index (κ1) is 13.0. The van der Waals surface area contributed by atoms with Gasteiger partial charge in [0.15, 0.2) is 10.8 Å². The summed E-state index contributed by atoms with van der Waals surface area (Å²) in [6.45, 7) is 2.27. The summed E-state index contributed by atoms with van der Waals surface area (Å²) in [7, 11) is 0. The predicted octanol–water partition coefficient (Wildman–Crippen LogP) is 2.46. The molecule has 0 spiro atoms. The fourth-order valence-corrected chi connectivity index (χ4v) is 2.86. The molecule has 0 radical (unpaired) electrons. The van der Waals surface area contributed by atoms with Gasteiger partial charge < -0.3 is 4.74 Å². The number of nitrogens with zero attached hydrogens (tertiary/aromatic N) is 5. The number of aryl methyl sites for hydroxylation is 1. The van der Waals surface area contributed by atoms with Crippen molar-refractivity contribution in [3.63, 3.8) is 0 Å². The minimum Gasteiger partial charge on any atom is -0.486 e. The Morgan fingerprint density at radius 3 is 2.86 bits per heavy atom. The summed E-state index contributed by atoms with van der Waals surface area (Å²) < 4.78 is 7.40. The van der Waals surface area contributed by atoms with Gasteiger partial charge in [-0.3, -0.25) is 5.10 Å². The average molecular weight is 312 g/mol. The van der Waals surface area contributed by atoms with Crippen LogP contribution in [-0.2, 0) is 6.61 Å². The smallest absolute Gasteiger partial charge is 0.235 e. The van der Waals surface area contributed by atoms with E-state index in [0.717, 1.165) is 27.1 Å². The van der Waals surface area contributed by atoms with Gasteiger partial charge in [-0.05, 0) is 25.1 Å². The number of ether oxygens (including phenoxy) is 1. The van der Waals surface area contributed by atoms with Gasteiger partial charge >= 0.3 is 0 Å². The second-order valence-electron chi connectivity index (χ2n) is 4.76. The third-order valence-electron chi connectivity index (χ3n) is 3.09. The van der Waals surface area contributed by atoms with Crippen molar-refractivity contribution in [2.45, 2.75) is 13.5 Å². The SMILES string of the molecule is Cc1cc(-c2nn3c(COc4ccccc4)nnc3s2)n[nH]1. The lowest BCUT2D eigenvalue weighted by molar-refractivity contribution is 0.293. The van der Waals surface area contributed by atoms with E-state index in [1.807, 2.05) is 43.3 Å². The van der Waals surface area contributed by atoms with E-state index in [9.17, 15) is 0 Å². The Kier molecular flexibility index (Phi) is 3.08. The van der Waals surface area contributed by atoms with E-state index in [1.165, 1.54) is 11.3 Å². The summed E-state index contributed by atoms with van der Waals surface area (Å²) >= 11 is 1.45. The van der Waals surface area contributed by atoms with E-state index in [1.54, 1.807) is 4.52 Å². The third kappa shape index (κ3) is 2.33. The van der Waals surface area contributed by atoms with Crippen LogP contribution in [0.15, 0.2) is 36.4 Å². The van der Waals surface area contributed by atoms with Crippen molar-refractivity contribution in [3.8, 4) is 16.5 Å². The summed E-state index contributed by atoms with van der Waals surface area (Å²) in [5.41, 5.74) is 1.80. The van der Waals surface area contributed by atoms with Crippen molar-refractivity contribution < 1.29 is 4.74 Å². The van der Waals surface area contributed by atoms with Crippen LogP contribution in [0.1, 0.15) is 11.5 Å². The van der Waals surface area contributed by atoms with Gasteiger partial charge in [-0.15, -0.1) is 10.2 Å². The predicted molar refractivity (Wildman–Crippen MR) is 81.8 cm³/mol. The number of nitrogens with one attached hydrogen (secondary N) is 1. The number of rotatable bonds is 4. The second kappa shape index (κ2) is 5.23. The highest BCUT2D eigenvalue weighted by Crippen LogP contribution is 2.24. The van der Waals surface area contributed by atoms with Crippen LogP contribution in [0, 0.1) is 6.92 Å². The lowest BCUT2D eigenvalue weighted by atomic mass is 10.3. The molecular weight excluding hydrogens is 300 g/mol. The molecular formula is C14H12N6OS. The Morgan fingerprint density at radius 2 is 2.09 bits per heavy atom. The molecule has 3 aromatic heterocycles. The number of aromatic nitrogens is 6. The molecule has 0 aliphatic heterocycles. The highest BCUT2D eigenvalue weighted by Gasteiger charge is 2.14. The molecule has 0 fully saturated rings. The van der Waals surface area contributed by atoms with Gasteiger partial charge in [0.25, 0.3) is 0 Å². The van der Waals surface area contributed by atoms with Crippen molar-refractivity contribution in [2.75, 3.05) is 0 Å². The molecule has 0 aliphatic rings. The van der Waals surface area contributed by atoms with Crippen LogP contribution >= 0.6 is 11.3 Å². The number of aromatic amines is 1. The zero-order valence-electron chi connectivity index (χ0n) is 11.7. The fourth-order valence-electron chi connectivity index (χ4n) is 2.04. The zero-order chi connectivity index (χ0) is 14.9. The first-order valence-corrected chi connectivity index (χ1v) is 7.52. The Labute approximate surface area is 129 Å². The van der Waals surface area contributed by atoms with Crippen LogP contribution in [0.25, 0.3) is 15.7 Å². The molecule has 0 saturated heterocycles. The number of fused-ring (bicyclic) bond motifs is 1. The van der Waals surface area contributed by atoms with E-state index >= 15 is 0 Å². The summed E-state index contributed by atoms with van der Waals surface area (Å²) in [5, 5.41) is 20.7. The van der Waals surface area contributed by atoms with Crippen molar-refractivity contribution in [1.82, 2.24) is 30.0 Å². The van der Waals surface area contributed by atoms with Gasteiger partial charge in [-0.2, -0.15) is 14.7 Å².